The van der Waals surface area contributed by atoms with Crippen molar-refractivity contribution >= 4 is 12.2 Å². The third-order valence-corrected chi connectivity index (χ3v) is 2.91. The Labute approximate surface area is 118 Å². The van der Waals surface area contributed by atoms with Crippen LogP contribution < -0.4 is 5.32 Å². The highest BCUT2D eigenvalue weighted by Crippen LogP contribution is 2.09. The van der Waals surface area contributed by atoms with Crippen LogP contribution in [0.25, 0.3) is 0 Å². The molecule has 1 rings (SSSR count). The first-order chi connectivity index (χ1) is 9.56. The summed E-state index contributed by atoms with van der Waals surface area (Å²) < 4.78 is 0. The Morgan fingerprint density at radius 2 is 1.95 bits per heavy atom. The lowest BCUT2D eigenvalue weighted by atomic mass is 10.0. The van der Waals surface area contributed by atoms with E-state index in [0.717, 1.165) is 5.56 Å². The minimum atomic E-state index is -0.937. The second-order valence-corrected chi connectivity index (χ2v) is 5.19. The lowest BCUT2D eigenvalue weighted by molar-refractivity contribution is -0.125. The van der Waals surface area contributed by atoms with Crippen molar-refractivity contribution in [2.45, 2.75) is 38.8 Å². The van der Waals surface area contributed by atoms with Crippen molar-refractivity contribution in [2.75, 3.05) is 0 Å². The van der Waals surface area contributed by atoms with Gasteiger partial charge >= 0.3 is 0 Å². The van der Waals surface area contributed by atoms with Crippen LogP contribution in [0.4, 0.5) is 0 Å². The zero-order valence-electron chi connectivity index (χ0n) is 11.8. The number of nitrogens with one attached hydrogen (secondary N) is 1. The standard InChI is InChI=1S/C15H20N2O3/c1-11(2)8-14(17-20)15(19)16-13(10-18)9-12-6-4-3-5-7-12/h3-7,10-11,13-14H,8-9H2,1-2H3,(H,16,19)/t13-,14-/m0/s1. The number of hydrogen-bond donors (Lipinski definition) is 1. The average Bonchev–Trinajstić information content (AvgIpc) is 2.44. The molecule has 1 N–H and O–H groups in total. The second-order valence-electron chi connectivity index (χ2n) is 5.19. The lowest BCUT2D eigenvalue weighted by Crippen LogP contribution is -2.43. The molecule has 5 heteroatoms. The molecular formula is C15H20N2O3. The Bertz CT molecular complexity index is 446. The molecule has 108 valence electrons. The molecule has 0 aliphatic rings. The second kappa shape index (κ2) is 8.19. The van der Waals surface area contributed by atoms with Crippen molar-refractivity contribution in [3.05, 3.63) is 40.8 Å². The number of benzene rings is 1. The molecule has 0 spiro atoms. The van der Waals surface area contributed by atoms with Gasteiger partial charge in [-0.1, -0.05) is 49.4 Å². The van der Waals surface area contributed by atoms with Crippen LogP contribution in [0.2, 0.25) is 0 Å². The Morgan fingerprint density at radius 3 is 2.45 bits per heavy atom. The fourth-order valence-electron chi connectivity index (χ4n) is 1.92. The van der Waals surface area contributed by atoms with Crippen LogP contribution in [0.5, 0.6) is 0 Å². The fraction of sp³-hybridized carbons (Fsp3) is 0.467. The largest absolute Gasteiger partial charge is 0.344 e. The Hall–Kier alpha value is -2.04. The van der Waals surface area contributed by atoms with E-state index in [9.17, 15) is 14.5 Å². The van der Waals surface area contributed by atoms with Crippen LogP contribution in [-0.4, -0.2) is 24.3 Å². The van der Waals surface area contributed by atoms with Crippen LogP contribution in [0, 0.1) is 10.8 Å². The molecule has 0 aliphatic carbocycles. The van der Waals surface area contributed by atoms with E-state index in [-0.39, 0.29) is 5.92 Å². The lowest BCUT2D eigenvalue weighted by Gasteiger charge is -2.16. The van der Waals surface area contributed by atoms with Gasteiger partial charge in [-0.2, -0.15) is 0 Å². The molecule has 1 aromatic carbocycles. The Balaban J connectivity index is 2.61. The monoisotopic (exact) mass is 276 g/mol. The van der Waals surface area contributed by atoms with Crippen LogP contribution in [0.3, 0.4) is 0 Å². The summed E-state index contributed by atoms with van der Waals surface area (Å²) in [7, 11) is 0. The molecular weight excluding hydrogens is 256 g/mol. The van der Waals surface area contributed by atoms with Gasteiger partial charge < -0.3 is 10.1 Å². The number of rotatable bonds is 8. The molecule has 0 unspecified atom stereocenters. The average molecular weight is 276 g/mol. The highest BCUT2D eigenvalue weighted by atomic mass is 16.3. The Morgan fingerprint density at radius 1 is 1.30 bits per heavy atom. The third kappa shape index (κ3) is 5.30. The van der Waals surface area contributed by atoms with Gasteiger partial charge in [-0.25, -0.2) is 0 Å². The zero-order valence-corrected chi connectivity index (χ0v) is 11.8. The number of nitrogens with zero attached hydrogens (tertiary/aromatic N) is 1. The predicted molar refractivity (Wildman–Crippen MR) is 77.2 cm³/mol. The van der Waals surface area contributed by atoms with Gasteiger partial charge in [-0.3, -0.25) is 4.79 Å². The maximum atomic E-state index is 11.9. The summed E-state index contributed by atoms with van der Waals surface area (Å²) in [6.07, 6.45) is 1.47. The molecule has 0 saturated carbocycles. The van der Waals surface area contributed by atoms with E-state index in [1.54, 1.807) is 0 Å². The Kier molecular flexibility index (Phi) is 6.56. The number of hydrogen-bond acceptors (Lipinski definition) is 4. The van der Waals surface area contributed by atoms with Crippen molar-refractivity contribution in [3.63, 3.8) is 0 Å². The van der Waals surface area contributed by atoms with Crippen molar-refractivity contribution in [2.24, 2.45) is 11.1 Å². The molecule has 0 radical (unpaired) electrons. The first-order valence-corrected chi connectivity index (χ1v) is 6.68. The van der Waals surface area contributed by atoms with Crippen molar-refractivity contribution in [1.82, 2.24) is 5.32 Å². The van der Waals surface area contributed by atoms with Crippen molar-refractivity contribution in [1.29, 1.82) is 0 Å². The molecule has 0 fully saturated rings. The highest BCUT2D eigenvalue weighted by Gasteiger charge is 2.23. The van der Waals surface area contributed by atoms with Crippen molar-refractivity contribution in [3.8, 4) is 0 Å². The zero-order chi connectivity index (χ0) is 15.0. The SMILES string of the molecule is CC(C)C[C@H](N=O)C(=O)N[C@H](C=O)Cc1ccccc1. The van der Waals surface area contributed by atoms with Crippen LogP contribution >= 0.6 is 0 Å². The first kappa shape index (κ1) is 16.0. The van der Waals surface area contributed by atoms with E-state index in [0.29, 0.717) is 19.1 Å². The van der Waals surface area contributed by atoms with Crippen molar-refractivity contribution < 1.29 is 9.59 Å². The van der Waals surface area contributed by atoms with Gasteiger partial charge in [0.05, 0.1) is 6.04 Å². The quantitative estimate of drug-likeness (QED) is 0.583. The summed E-state index contributed by atoms with van der Waals surface area (Å²) in [6.45, 7) is 3.82. The van der Waals surface area contributed by atoms with E-state index >= 15 is 0 Å². The van der Waals surface area contributed by atoms with Crippen LogP contribution in [0.1, 0.15) is 25.8 Å². The fourth-order valence-corrected chi connectivity index (χ4v) is 1.92. The molecule has 0 aromatic heterocycles. The molecule has 0 aliphatic heterocycles. The topological polar surface area (TPSA) is 75.6 Å². The van der Waals surface area contributed by atoms with Gasteiger partial charge in [0.1, 0.15) is 6.29 Å². The summed E-state index contributed by atoms with van der Waals surface area (Å²) in [5, 5.41) is 5.42. The van der Waals surface area contributed by atoms with E-state index in [1.165, 1.54) is 0 Å². The smallest absolute Gasteiger partial charge is 0.249 e. The maximum absolute atomic E-state index is 11.9. The number of aldehydes is 1. The van der Waals surface area contributed by atoms with E-state index < -0.39 is 18.0 Å². The van der Waals surface area contributed by atoms with Gasteiger partial charge in [-0.05, 0) is 24.3 Å². The van der Waals surface area contributed by atoms with E-state index in [4.69, 9.17) is 0 Å². The molecule has 0 bridgehead atoms. The normalized spacial score (nSPS) is 13.6. The molecule has 0 heterocycles. The summed E-state index contributed by atoms with van der Waals surface area (Å²) in [6, 6.07) is 7.81. The number of carbonyl (C=O) groups is 2. The number of nitroso groups, excluding NO2 is 1. The number of amides is 1. The minimum absolute atomic E-state index is 0.187. The van der Waals surface area contributed by atoms with E-state index in [2.05, 4.69) is 10.5 Å². The third-order valence-electron chi connectivity index (χ3n) is 2.91. The van der Waals surface area contributed by atoms with Gasteiger partial charge in [0.2, 0.25) is 5.91 Å². The summed E-state index contributed by atoms with van der Waals surface area (Å²) >= 11 is 0. The van der Waals surface area contributed by atoms with Gasteiger partial charge in [0.15, 0.2) is 6.04 Å². The molecule has 5 nitrogen and oxygen atoms in total. The molecule has 1 aromatic rings. The summed E-state index contributed by atoms with van der Waals surface area (Å²) in [5.41, 5.74) is 0.948. The van der Waals surface area contributed by atoms with Gasteiger partial charge in [0, 0.05) is 0 Å². The highest BCUT2D eigenvalue weighted by molar-refractivity contribution is 5.84. The molecule has 20 heavy (non-hydrogen) atoms. The van der Waals surface area contributed by atoms with Crippen LogP contribution in [0.15, 0.2) is 35.5 Å². The molecule has 1 amide bonds. The van der Waals surface area contributed by atoms with E-state index in [1.807, 2.05) is 44.2 Å². The number of carbonyl (C=O) groups excluding carboxylic acids is 2. The minimum Gasteiger partial charge on any atom is -0.344 e. The van der Waals surface area contributed by atoms with Crippen LogP contribution in [-0.2, 0) is 16.0 Å². The molecule has 0 saturated heterocycles. The predicted octanol–water partition coefficient (Wildman–Crippen LogP) is 2.09. The first-order valence-electron chi connectivity index (χ1n) is 6.68. The van der Waals surface area contributed by atoms with Gasteiger partial charge in [-0.15, -0.1) is 4.91 Å². The molecule has 2 atom stereocenters. The van der Waals surface area contributed by atoms with Gasteiger partial charge in [0.25, 0.3) is 0 Å². The summed E-state index contributed by atoms with van der Waals surface area (Å²) in [4.78, 5) is 33.7. The maximum Gasteiger partial charge on any atom is 0.249 e. The summed E-state index contributed by atoms with van der Waals surface area (Å²) in [5.74, 6) is -0.297.